The topological polar surface area (TPSA) is 51.6 Å². The van der Waals surface area contributed by atoms with E-state index in [1.807, 2.05) is 0 Å². The van der Waals surface area contributed by atoms with Crippen molar-refractivity contribution in [1.29, 1.82) is 0 Å². The number of pyridine rings is 1. The Labute approximate surface area is 256 Å². The standard InChI is InChI=1S/C35H48F3NO3Si/c1-33(2,3)43(6,7)42-27-21-34(4,5)20-26-29(27)28(22-10-8-9-11-22)30(31(39-26)23-16-18-41-19-17-23)32(40)24-12-14-25(15-13-24)35(36,37)38/h10,12-15,23,27,32,40H,8-9,11,16-21H2,1-7H3. The Morgan fingerprint density at radius 3 is 2.28 bits per heavy atom. The summed E-state index contributed by atoms with van der Waals surface area (Å²) in [7, 11) is -2.20. The number of aliphatic hydroxyl groups excluding tert-OH is 1. The molecule has 2 atom stereocenters. The summed E-state index contributed by atoms with van der Waals surface area (Å²) in [6.07, 6.45) is 2.71. The summed E-state index contributed by atoms with van der Waals surface area (Å²) in [6, 6.07) is 4.97. The molecule has 5 rings (SSSR count). The van der Waals surface area contributed by atoms with Gasteiger partial charge in [0.1, 0.15) is 6.10 Å². The summed E-state index contributed by atoms with van der Waals surface area (Å²) in [6.45, 7) is 17.1. The van der Waals surface area contributed by atoms with Gasteiger partial charge in [-0.1, -0.05) is 52.8 Å². The molecule has 2 heterocycles. The molecule has 1 aliphatic heterocycles. The van der Waals surface area contributed by atoms with Crippen LogP contribution in [0, 0.1) is 5.41 Å². The van der Waals surface area contributed by atoms with Crippen molar-refractivity contribution in [2.24, 2.45) is 5.41 Å². The fourth-order valence-electron chi connectivity index (χ4n) is 6.75. The van der Waals surface area contributed by atoms with Gasteiger partial charge in [0.05, 0.1) is 17.4 Å². The molecule has 43 heavy (non-hydrogen) atoms. The molecule has 1 N–H and O–H groups in total. The zero-order chi connectivity index (χ0) is 31.4. The number of hydrogen-bond donors (Lipinski definition) is 1. The lowest BCUT2D eigenvalue weighted by molar-refractivity contribution is -0.137. The number of rotatable bonds is 6. The molecule has 1 aromatic carbocycles. The minimum atomic E-state index is -4.44. The average molecular weight is 616 g/mol. The second-order valence-electron chi connectivity index (χ2n) is 15.1. The van der Waals surface area contributed by atoms with Crippen molar-refractivity contribution in [1.82, 2.24) is 4.98 Å². The normalized spacial score (nSPS) is 22.3. The maximum absolute atomic E-state index is 13.4. The highest BCUT2D eigenvalue weighted by Crippen LogP contribution is 2.52. The first-order valence-electron chi connectivity index (χ1n) is 15.9. The SMILES string of the molecule is CC1(C)Cc2nc(C3CCOCC3)c(C(O)c3ccc(C(F)(F)F)cc3)c(C3=CCCC3)c2C(O[Si](C)(C)C(C)(C)C)C1. The molecule has 0 spiro atoms. The molecule has 8 heteroatoms. The van der Waals surface area contributed by atoms with Gasteiger partial charge in [-0.3, -0.25) is 4.98 Å². The molecule has 0 bridgehead atoms. The third-order valence-electron chi connectivity index (χ3n) is 10.1. The van der Waals surface area contributed by atoms with Crippen molar-refractivity contribution >= 4 is 13.9 Å². The zero-order valence-electron chi connectivity index (χ0n) is 26.8. The van der Waals surface area contributed by atoms with Crippen LogP contribution >= 0.6 is 0 Å². The van der Waals surface area contributed by atoms with Gasteiger partial charge in [-0.05, 0) is 97.3 Å². The maximum atomic E-state index is 13.4. The van der Waals surface area contributed by atoms with Gasteiger partial charge in [0.2, 0.25) is 0 Å². The molecule has 2 aliphatic carbocycles. The van der Waals surface area contributed by atoms with Gasteiger partial charge in [-0.15, -0.1) is 0 Å². The van der Waals surface area contributed by atoms with Crippen LogP contribution in [0.1, 0.15) is 130 Å². The minimum absolute atomic E-state index is 0.0135. The second-order valence-corrected chi connectivity index (χ2v) is 19.8. The summed E-state index contributed by atoms with van der Waals surface area (Å²) < 4.78 is 53.2. The van der Waals surface area contributed by atoms with E-state index in [1.165, 1.54) is 17.7 Å². The quantitative estimate of drug-likeness (QED) is 0.329. The highest BCUT2D eigenvalue weighted by atomic mass is 28.4. The molecule has 0 saturated carbocycles. The number of aliphatic hydroxyl groups is 1. The van der Waals surface area contributed by atoms with E-state index in [1.54, 1.807) is 0 Å². The van der Waals surface area contributed by atoms with E-state index in [9.17, 15) is 18.3 Å². The third kappa shape index (κ3) is 6.68. The zero-order valence-corrected chi connectivity index (χ0v) is 27.8. The molecule has 4 nitrogen and oxygen atoms in total. The Morgan fingerprint density at radius 2 is 1.72 bits per heavy atom. The van der Waals surface area contributed by atoms with Crippen LogP contribution in [-0.2, 0) is 21.8 Å². The molecule has 236 valence electrons. The number of allylic oxidation sites excluding steroid dienone is 2. The Balaban J connectivity index is 1.76. The number of aromatic nitrogens is 1. The van der Waals surface area contributed by atoms with Crippen LogP contribution in [0.2, 0.25) is 18.1 Å². The van der Waals surface area contributed by atoms with Gasteiger partial charge in [-0.2, -0.15) is 13.2 Å². The van der Waals surface area contributed by atoms with Gasteiger partial charge >= 0.3 is 6.18 Å². The van der Waals surface area contributed by atoms with E-state index in [0.29, 0.717) is 18.8 Å². The van der Waals surface area contributed by atoms with E-state index in [4.69, 9.17) is 14.1 Å². The van der Waals surface area contributed by atoms with Crippen molar-refractivity contribution in [3.05, 3.63) is 69.5 Å². The number of halogens is 3. The van der Waals surface area contributed by atoms with Crippen LogP contribution in [0.4, 0.5) is 13.2 Å². The van der Waals surface area contributed by atoms with Crippen molar-refractivity contribution in [3.8, 4) is 0 Å². The van der Waals surface area contributed by atoms with Crippen LogP contribution < -0.4 is 0 Å². The molecule has 1 fully saturated rings. The van der Waals surface area contributed by atoms with E-state index in [0.717, 1.165) is 85.2 Å². The second kappa shape index (κ2) is 11.7. The Hall–Kier alpha value is -2.00. The fraction of sp³-hybridized carbons (Fsp3) is 0.629. The van der Waals surface area contributed by atoms with E-state index in [-0.39, 0.29) is 22.5 Å². The van der Waals surface area contributed by atoms with Crippen molar-refractivity contribution < 1.29 is 27.4 Å². The highest BCUT2D eigenvalue weighted by molar-refractivity contribution is 6.74. The fourth-order valence-corrected chi connectivity index (χ4v) is 8.02. The Kier molecular flexibility index (Phi) is 8.84. The monoisotopic (exact) mass is 615 g/mol. The number of fused-ring (bicyclic) bond motifs is 1. The molecule has 3 aliphatic rings. The summed E-state index contributed by atoms with van der Waals surface area (Å²) >= 11 is 0. The summed E-state index contributed by atoms with van der Waals surface area (Å²) in [5.74, 6) is 0.101. The van der Waals surface area contributed by atoms with Crippen LogP contribution in [0.5, 0.6) is 0 Å². The van der Waals surface area contributed by atoms with Crippen molar-refractivity contribution in [2.75, 3.05) is 13.2 Å². The third-order valence-corrected chi connectivity index (χ3v) is 14.6. The smallest absolute Gasteiger partial charge is 0.410 e. The number of benzene rings is 1. The summed E-state index contributed by atoms with van der Waals surface area (Å²) in [5.41, 5.74) is 5.72. The van der Waals surface area contributed by atoms with Crippen LogP contribution in [0.15, 0.2) is 30.3 Å². The first-order valence-corrected chi connectivity index (χ1v) is 18.8. The van der Waals surface area contributed by atoms with E-state index >= 15 is 0 Å². The molecule has 0 amide bonds. The Morgan fingerprint density at radius 1 is 1.07 bits per heavy atom. The van der Waals surface area contributed by atoms with Gasteiger partial charge in [0, 0.05) is 36.0 Å². The average Bonchev–Trinajstić information content (AvgIpc) is 3.45. The first kappa shape index (κ1) is 32.4. The van der Waals surface area contributed by atoms with Gasteiger partial charge in [-0.25, -0.2) is 0 Å². The maximum Gasteiger partial charge on any atom is 0.416 e. The highest BCUT2D eigenvalue weighted by Gasteiger charge is 2.45. The number of nitrogens with zero attached hydrogens (tertiary/aromatic N) is 1. The lowest BCUT2D eigenvalue weighted by atomic mass is 9.71. The number of alkyl halides is 3. The first-order chi connectivity index (χ1) is 20.0. The lowest BCUT2D eigenvalue weighted by Crippen LogP contribution is -2.44. The van der Waals surface area contributed by atoms with Crippen molar-refractivity contribution in [3.63, 3.8) is 0 Å². The van der Waals surface area contributed by atoms with Crippen molar-refractivity contribution in [2.45, 2.75) is 122 Å². The lowest BCUT2D eigenvalue weighted by Gasteiger charge is -2.45. The number of ether oxygens (including phenoxy) is 1. The van der Waals surface area contributed by atoms with Gasteiger partial charge in [0.25, 0.3) is 0 Å². The van der Waals surface area contributed by atoms with Crippen LogP contribution in [0.3, 0.4) is 0 Å². The largest absolute Gasteiger partial charge is 0.416 e. The van der Waals surface area contributed by atoms with Crippen LogP contribution in [-0.4, -0.2) is 31.6 Å². The minimum Gasteiger partial charge on any atom is -0.410 e. The molecule has 1 aromatic heterocycles. The van der Waals surface area contributed by atoms with Crippen LogP contribution in [0.25, 0.3) is 5.57 Å². The van der Waals surface area contributed by atoms with E-state index in [2.05, 4.69) is 53.8 Å². The van der Waals surface area contributed by atoms with Gasteiger partial charge < -0.3 is 14.3 Å². The molecule has 1 saturated heterocycles. The molecule has 2 aromatic rings. The van der Waals surface area contributed by atoms with E-state index < -0.39 is 26.2 Å². The molecular weight excluding hydrogens is 567 g/mol. The molecule has 0 radical (unpaired) electrons. The predicted octanol–water partition coefficient (Wildman–Crippen LogP) is 9.68. The summed E-state index contributed by atoms with van der Waals surface area (Å²) in [5, 5.41) is 12.2. The molecule has 2 unspecified atom stereocenters. The number of hydrogen-bond acceptors (Lipinski definition) is 4. The summed E-state index contributed by atoms with van der Waals surface area (Å²) in [4.78, 5) is 5.42. The Bertz CT molecular complexity index is 1350. The molecular formula is C35H48F3NO3Si. The van der Waals surface area contributed by atoms with Gasteiger partial charge in [0.15, 0.2) is 8.32 Å². The predicted molar refractivity (Wildman–Crippen MR) is 167 cm³/mol.